The normalized spacial score (nSPS) is 22.0. The maximum atomic E-state index is 13.5. The number of aromatic nitrogens is 4. The molecule has 0 spiro atoms. The van der Waals surface area contributed by atoms with Crippen LogP contribution in [0.1, 0.15) is 79.8 Å². The summed E-state index contributed by atoms with van der Waals surface area (Å²) in [6.07, 6.45) is 7.47. The quantitative estimate of drug-likeness (QED) is 0.153. The molecule has 3 amide bonds. The number of nitrogens with one attached hydrogen (secondary N) is 3. The molecule has 49 heavy (non-hydrogen) atoms. The lowest BCUT2D eigenvalue weighted by molar-refractivity contribution is -0.111. The van der Waals surface area contributed by atoms with E-state index in [-0.39, 0.29) is 24.4 Å². The van der Waals surface area contributed by atoms with Gasteiger partial charge in [0.05, 0.1) is 18.3 Å². The van der Waals surface area contributed by atoms with E-state index in [1.54, 1.807) is 30.4 Å². The van der Waals surface area contributed by atoms with E-state index in [1.165, 1.54) is 6.07 Å². The second-order valence-electron chi connectivity index (χ2n) is 13.8. The molecule has 1 aliphatic heterocycles. The van der Waals surface area contributed by atoms with Crippen LogP contribution in [0.3, 0.4) is 0 Å². The number of rotatable bonds is 9. The first-order valence-corrected chi connectivity index (χ1v) is 16.4. The van der Waals surface area contributed by atoms with Gasteiger partial charge in [-0.1, -0.05) is 45.0 Å². The summed E-state index contributed by atoms with van der Waals surface area (Å²) < 4.78 is 8.48. The van der Waals surface area contributed by atoms with Crippen LogP contribution in [0.15, 0.2) is 66.9 Å². The van der Waals surface area contributed by atoms with Crippen molar-refractivity contribution < 1.29 is 24.2 Å². The van der Waals surface area contributed by atoms with Crippen molar-refractivity contribution in [3.63, 3.8) is 0 Å². The molecule has 1 fully saturated rings. The minimum atomic E-state index is -1.49. The van der Waals surface area contributed by atoms with Crippen LogP contribution in [0.2, 0.25) is 0 Å². The number of hydrogen-bond acceptors (Lipinski definition) is 9. The van der Waals surface area contributed by atoms with Gasteiger partial charge in [-0.3, -0.25) is 18.9 Å². The number of carbonyl (C=O) groups is 3. The molecule has 3 aromatic heterocycles. The van der Waals surface area contributed by atoms with Crippen LogP contribution in [0, 0.1) is 0 Å². The molecule has 2 aliphatic rings. The second-order valence-corrected chi connectivity index (χ2v) is 13.8. The lowest BCUT2D eigenvalue weighted by Crippen LogP contribution is -2.49. The molecule has 4 N–H and O–H groups in total. The van der Waals surface area contributed by atoms with Crippen LogP contribution in [0.4, 0.5) is 10.5 Å². The molecule has 1 aromatic carbocycles. The van der Waals surface area contributed by atoms with Crippen molar-refractivity contribution in [1.29, 1.82) is 0 Å². The molecule has 13 nitrogen and oxygen atoms in total. The van der Waals surface area contributed by atoms with Crippen LogP contribution >= 0.6 is 0 Å². The summed E-state index contributed by atoms with van der Waals surface area (Å²) in [6, 6.07) is 13.5. The number of hydrogen-bond donors (Lipinski definition) is 4. The Hall–Kier alpha value is -5.14. The molecule has 0 bridgehead atoms. The van der Waals surface area contributed by atoms with Gasteiger partial charge in [-0.15, -0.1) is 10.2 Å². The number of carbonyl (C=O) groups excluding carboxylic acids is 3. The van der Waals surface area contributed by atoms with Crippen molar-refractivity contribution in [3.8, 4) is 5.75 Å². The van der Waals surface area contributed by atoms with E-state index in [4.69, 9.17) is 9.84 Å². The summed E-state index contributed by atoms with van der Waals surface area (Å²) in [4.78, 5) is 45.8. The smallest absolute Gasteiger partial charge is 0.320 e. The van der Waals surface area contributed by atoms with Gasteiger partial charge in [-0.05, 0) is 75.3 Å². The molecule has 256 valence electrons. The van der Waals surface area contributed by atoms with Crippen molar-refractivity contribution in [3.05, 3.63) is 95.2 Å². The summed E-state index contributed by atoms with van der Waals surface area (Å²) in [5, 5.41) is 26.3. The fourth-order valence-electron chi connectivity index (χ4n) is 6.45. The van der Waals surface area contributed by atoms with Gasteiger partial charge in [-0.25, -0.2) is 9.78 Å². The van der Waals surface area contributed by atoms with Gasteiger partial charge in [-0.2, -0.15) is 0 Å². The fraction of sp³-hybridized carbons (Fsp3) is 0.389. The van der Waals surface area contributed by atoms with Crippen LogP contribution < -0.4 is 20.7 Å². The monoisotopic (exact) mass is 666 g/mol. The number of aliphatic hydroxyl groups excluding tert-OH is 1. The number of aldehydes is 1. The summed E-state index contributed by atoms with van der Waals surface area (Å²) in [5.74, 6) is 0.963. The van der Waals surface area contributed by atoms with E-state index in [2.05, 4.69) is 50.0 Å². The highest BCUT2D eigenvalue weighted by Gasteiger charge is 2.40. The van der Waals surface area contributed by atoms with E-state index in [0.29, 0.717) is 34.5 Å². The Balaban J connectivity index is 1.25. The van der Waals surface area contributed by atoms with Gasteiger partial charge in [0, 0.05) is 28.9 Å². The summed E-state index contributed by atoms with van der Waals surface area (Å²) >= 11 is 0. The average Bonchev–Trinajstić information content (AvgIpc) is 3.66. The molecule has 0 radical (unpaired) electrons. The summed E-state index contributed by atoms with van der Waals surface area (Å²) in [6.45, 7) is 8.83. The number of aliphatic hydroxyl groups is 1. The van der Waals surface area contributed by atoms with Crippen LogP contribution in [-0.2, 0) is 21.3 Å². The molecule has 4 heterocycles. The first-order chi connectivity index (χ1) is 23.4. The average molecular weight is 667 g/mol. The number of anilines is 1. The Morgan fingerprint density at radius 3 is 2.65 bits per heavy atom. The van der Waals surface area contributed by atoms with Gasteiger partial charge in [0.1, 0.15) is 23.1 Å². The number of urea groups is 1. The van der Waals surface area contributed by atoms with Crippen molar-refractivity contribution in [2.24, 2.45) is 0 Å². The third-order valence-electron chi connectivity index (χ3n) is 9.35. The first-order valence-electron chi connectivity index (χ1n) is 16.4. The minimum Gasteiger partial charge on any atom is -0.480 e. The van der Waals surface area contributed by atoms with Crippen LogP contribution in [0.25, 0.3) is 5.65 Å². The third kappa shape index (κ3) is 6.51. The topological polar surface area (TPSA) is 163 Å². The number of amides is 3. The highest BCUT2D eigenvalue weighted by atomic mass is 16.5. The lowest BCUT2D eigenvalue weighted by atomic mass is 9.81. The largest absolute Gasteiger partial charge is 0.480 e. The molecular formula is C36H42N8O5. The molecule has 6 rings (SSSR count). The third-order valence-corrected chi connectivity index (χ3v) is 9.35. The van der Waals surface area contributed by atoms with Gasteiger partial charge in [0.2, 0.25) is 0 Å². The lowest BCUT2D eigenvalue weighted by Gasteiger charge is -2.34. The molecule has 0 saturated carbocycles. The number of ether oxygens (including phenoxy) is 1. The molecule has 13 heteroatoms. The van der Waals surface area contributed by atoms with Crippen LogP contribution in [-0.4, -0.2) is 74.6 Å². The highest BCUT2D eigenvalue weighted by molar-refractivity contribution is 5.96. The Morgan fingerprint density at radius 2 is 1.94 bits per heavy atom. The van der Waals surface area contributed by atoms with Crippen molar-refractivity contribution in [2.45, 2.75) is 63.1 Å². The number of nitrogens with zero attached hydrogens (tertiary/aromatic N) is 5. The number of benzene rings is 1. The molecule has 3 atom stereocenters. The predicted octanol–water partition coefficient (Wildman–Crippen LogP) is 3.99. The van der Waals surface area contributed by atoms with Gasteiger partial charge in [0.15, 0.2) is 17.8 Å². The predicted molar refractivity (Wildman–Crippen MR) is 183 cm³/mol. The van der Waals surface area contributed by atoms with Gasteiger partial charge < -0.3 is 25.8 Å². The molecule has 4 aromatic rings. The van der Waals surface area contributed by atoms with Gasteiger partial charge in [0.25, 0.3) is 5.91 Å². The SMILES string of the molecule is CN1CCC[C@@]1(C)c1nnc2ccc(O[C@@H]3C=C[C@](C=O)(NC(=O)Nc4cc(C(=O)NCCO)nc(C(C)(C)C)c4)c4ccccc43)cn12. The zero-order valence-corrected chi connectivity index (χ0v) is 28.4. The standard InChI is InChI=1S/C36H42N8O5/c1-34(2,3)29-20-23(19-27(39-29)31(47)37-16-18-45)38-33(48)40-36(22-46)15-13-28(25-9-6-7-10-26(25)36)49-24-11-12-30-41-42-32(44(30)21-24)35(4)14-8-17-43(35)5/h6-7,9-13,15,19-22,28,45H,8,14,16-18H2,1-5H3,(H,37,47)(H2,38,39,40,48)/t28-,35+,36-/m1/s1. The minimum absolute atomic E-state index is 0.0647. The van der Waals surface area contributed by atoms with Crippen molar-refractivity contribution in [2.75, 3.05) is 32.1 Å². The number of fused-ring (bicyclic) bond motifs is 2. The maximum absolute atomic E-state index is 13.5. The molecule has 1 saturated heterocycles. The van der Waals surface area contributed by atoms with Crippen LogP contribution in [0.5, 0.6) is 5.75 Å². The Morgan fingerprint density at radius 1 is 1.14 bits per heavy atom. The number of pyridine rings is 2. The first kappa shape index (κ1) is 33.7. The van der Waals surface area contributed by atoms with E-state index in [9.17, 15) is 14.4 Å². The zero-order valence-electron chi connectivity index (χ0n) is 28.4. The Labute approximate surface area is 284 Å². The fourth-order valence-corrected chi connectivity index (χ4v) is 6.45. The Kier molecular flexibility index (Phi) is 8.99. The van der Waals surface area contributed by atoms with E-state index < -0.39 is 29.0 Å². The number of likely N-dealkylation sites (tertiary alicyclic amines) is 1. The molecule has 1 aliphatic carbocycles. The highest BCUT2D eigenvalue weighted by Crippen LogP contribution is 2.39. The molecular weight excluding hydrogens is 624 g/mol. The van der Waals surface area contributed by atoms with E-state index in [0.717, 1.165) is 30.9 Å². The summed E-state index contributed by atoms with van der Waals surface area (Å²) in [5.41, 5.74) is 0.815. The van der Waals surface area contributed by atoms with Crippen molar-refractivity contribution >= 4 is 29.6 Å². The maximum Gasteiger partial charge on any atom is 0.320 e. The van der Waals surface area contributed by atoms with E-state index in [1.807, 2.05) is 55.6 Å². The summed E-state index contributed by atoms with van der Waals surface area (Å²) in [7, 11) is 2.10. The zero-order chi connectivity index (χ0) is 35.0. The van der Waals surface area contributed by atoms with Crippen molar-refractivity contribution in [1.82, 2.24) is 35.1 Å². The van der Waals surface area contributed by atoms with Gasteiger partial charge >= 0.3 is 6.03 Å². The Bertz CT molecular complexity index is 1930. The van der Waals surface area contributed by atoms with E-state index >= 15 is 0 Å². The second kappa shape index (κ2) is 13.1. The molecule has 0 unspecified atom stereocenters.